The highest BCUT2D eigenvalue weighted by molar-refractivity contribution is 9.10. The number of nitrogens with zero attached hydrogens (tertiary/aromatic N) is 3. The van der Waals surface area contributed by atoms with E-state index in [0.29, 0.717) is 43.6 Å². The second-order valence-electron chi connectivity index (χ2n) is 9.01. The van der Waals surface area contributed by atoms with Crippen molar-refractivity contribution in [1.82, 2.24) is 9.66 Å². The highest BCUT2D eigenvalue weighted by atomic mass is 79.9. The van der Waals surface area contributed by atoms with Crippen LogP contribution in [0.2, 0.25) is 5.02 Å². The molecule has 4 aromatic carbocycles. The van der Waals surface area contributed by atoms with Crippen LogP contribution in [0.1, 0.15) is 11.1 Å². The molecule has 0 spiro atoms. The molecule has 10 heteroatoms. The van der Waals surface area contributed by atoms with E-state index in [1.807, 2.05) is 36.4 Å². The number of para-hydroxylation sites is 2. The third-order valence-electron chi connectivity index (χ3n) is 6.36. The van der Waals surface area contributed by atoms with Gasteiger partial charge in [-0.3, -0.25) is 4.79 Å². The van der Waals surface area contributed by atoms with Crippen LogP contribution in [-0.4, -0.2) is 23.0 Å². The molecule has 0 aliphatic rings. The molecule has 6 rings (SSSR count). The van der Waals surface area contributed by atoms with E-state index in [4.69, 9.17) is 30.5 Å². The SMILES string of the molecule is COc1cc(C=Nn2c(-c3cc4ccccc4o3)nc3ccccc3c2=O)c(Br)c(Cl)c1OCc1cccc(F)c1. The van der Waals surface area contributed by atoms with Gasteiger partial charge in [0.25, 0.3) is 5.56 Å². The predicted molar refractivity (Wildman–Crippen MR) is 161 cm³/mol. The van der Waals surface area contributed by atoms with Crippen molar-refractivity contribution in [2.45, 2.75) is 6.61 Å². The summed E-state index contributed by atoms with van der Waals surface area (Å²) in [4.78, 5) is 18.3. The number of halogens is 3. The fraction of sp³-hybridized carbons (Fsp3) is 0.0645. The Morgan fingerprint density at radius 3 is 2.68 bits per heavy atom. The average Bonchev–Trinajstić information content (AvgIpc) is 3.42. The van der Waals surface area contributed by atoms with Gasteiger partial charge in [0.2, 0.25) is 5.82 Å². The Morgan fingerprint density at radius 2 is 1.88 bits per heavy atom. The fourth-order valence-corrected chi connectivity index (χ4v) is 5.02. The smallest absolute Gasteiger partial charge is 0.282 e. The van der Waals surface area contributed by atoms with E-state index in [-0.39, 0.29) is 34.6 Å². The second kappa shape index (κ2) is 11.2. The molecule has 0 aliphatic heterocycles. The topological polar surface area (TPSA) is 78.9 Å². The summed E-state index contributed by atoms with van der Waals surface area (Å²) in [6.07, 6.45) is 1.47. The molecule has 0 aliphatic carbocycles. The monoisotopic (exact) mass is 631 g/mol. The van der Waals surface area contributed by atoms with E-state index in [1.54, 1.807) is 36.4 Å². The van der Waals surface area contributed by atoms with E-state index in [9.17, 15) is 9.18 Å². The van der Waals surface area contributed by atoms with Crippen molar-refractivity contribution in [2.24, 2.45) is 5.10 Å². The molecule has 0 atom stereocenters. The standard InChI is InChI=1S/C31H20BrClFN3O4/c1-39-25-15-20(27(32)28(33)29(25)40-17-18-7-6-9-21(34)13-18)16-35-37-30(26-14-19-8-2-5-12-24(19)41-26)36-23-11-4-3-10-22(23)31(37)38/h2-16H,17H2,1H3. The summed E-state index contributed by atoms with van der Waals surface area (Å²) in [6.45, 7) is 0.0761. The second-order valence-corrected chi connectivity index (χ2v) is 10.2. The van der Waals surface area contributed by atoms with Crippen LogP contribution in [0.3, 0.4) is 0 Å². The lowest BCUT2D eigenvalue weighted by molar-refractivity contribution is 0.284. The number of rotatable bonds is 7. The van der Waals surface area contributed by atoms with Crippen LogP contribution in [0.15, 0.2) is 104 Å². The Labute approximate surface area is 246 Å². The summed E-state index contributed by atoms with van der Waals surface area (Å²) >= 11 is 10.2. The van der Waals surface area contributed by atoms with Crippen molar-refractivity contribution >= 4 is 55.6 Å². The highest BCUT2D eigenvalue weighted by Crippen LogP contribution is 2.42. The summed E-state index contributed by atoms with van der Waals surface area (Å²) in [5.74, 6) is 0.872. The van der Waals surface area contributed by atoms with Gasteiger partial charge in [-0.15, -0.1) is 0 Å². The molecule has 0 unspecified atom stereocenters. The Hall–Kier alpha value is -4.47. The Balaban J connectivity index is 1.42. The Morgan fingerprint density at radius 1 is 1.07 bits per heavy atom. The van der Waals surface area contributed by atoms with Gasteiger partial charge >= 0.3 is 0 Å². The number of hydrogen-bond acceptors (Lipinski definition) is 6. The molecule has 2 aromatic heterocycles. The quantitative estimate of drug-likeness (QED) is 0.168. The van der Waals surface area contributed by atoms with Gasteiger partial charge in [0.05, 0.1) is 24.2 Å². The van der Waals surface area contributed by atoms with E-state index in [0.717, 1.165) is 5.39 Å². The van der Waals surface area contributed by atoms with Crippen molar-refractivity contribution in [1.29, 1.82) is 0 Å². The third-order valence-corrected chi connectivity index (χ3v) is 7.80. The number of fused-ring (bicyclic) bond motifs is 2. The van der Waals surface area contributed by atoms with Crippen LogP contribution in [0, 0.1) is 5.82 Å². The maximum atomic E-state index is 13.6. The molecule has 0 radical (unpaired) electrons. The minimum absolute atomic E-state index is 0.0761. The number of aromatic nitrogens is 2. The maximum absolute atomic E-state index is 13.6. The van der Waals surface area contributed by atoms with E-state index >= 15 is 0 Å². The molecular weight excluding hydrogens is 613 g/mol. The van der Waals surface area contributed by atoms with Crippen LogP contribution >= 0.6 is 27.5 Å². The largest absolute Gasteiger partial charge is 0.493 e. The summed E-state index contributed by atoms with van der Waals surface area (Å²) in [7, 11) is 1.48. The van der Waals surface area contributed by atoms with Crippen LogP contribution in [0.5, 0.6) is 11.5 Å². The minimum atomic E-state index is -0.369. The first-order valence-electron chi connectivity index (χ1n) is 12.4. The number of hydrogen-bond donors (Lipinski definition) is 0. The zero-order chi connectivity index (χ0) is 28.5. The summed E-state index contributed by atoms with van der Waals surface area (Å²) in [6, 6.07) is 24.1. The molecule has 0 bridgehead atoms. The average molecular weight is 633 g/mol. The summed E-state index contributed by atoms with van der Waals surface area (Å²) < 4.78 is 32.7. The molecule has 0 N–H and O–H groups in total. The molecule has 2 heterocycles. The molecular formula is C31H20BrClFN3O4. The first-order valence-corrected chi connectivity index (χ1v) is 13.6. The van der Waals surface area contributed by atoms with E-state index < -0.39 is 0 Å². The van der Waals surface area contributed by atoms with Gasteiger partial charge in [0.1, 0.15) is 23.0 Å². The summed E-state index contributed by atoms with van der Waals surface area (Å²) in [5, 5.41) is 6.01. The molecule has 7 nitrogen and oxygen atoms in total. The number of benzene rings is 4. The fourth-order valence-electron chi connectivity index (χ4n) is 4.37. The molecule has 41 heavy (non-hydrogen) atoms. The van der Waals surface area contributed by atoms with Crippen LogP contribution in [-0.2, 0) is 6.61 Å². The van der Waals surface area contributed by atoms with Gasteiger partial charge in [0, 0.05) is 15.4 Å². The number of furan rings is 1. The Kier molecular flexibility index (Phi) is 7.30. The normalized spacial score (nSPS) is 11.5. The van der Waals surface area contributed by atoms with Crippen LogP contribution in [0.4, 0.5) is 4.39 Å². The van der Waals surface area contributed by atoms with Crippen LogP contribution < -0.4 is 15.0 Å². The van der Waals surface area contributed by atoms with Gasteiger partial charge in [-0.2, -0.15) is 9.78 Å². The molecule has 6 aromatic rings. The molecule has 0 saturated carbocycles. The molecule has 0 fully saturated rings. The van der Waals surface area contributed by atoms with E-state index in [1.165, 1.54) is 30.1 Å². The molecule has 204 valence electrons. The molecule has 0 amide bonds. The number of ether oxygens (including phenoxy) is 2. The lowest BCUT2D eigenvalue weighted by Gasteiger charge is -2.15. The van der Waals surface area contributed by atoms with Crippen molar-refractivity contribution in [3.63, 3.8) is 0 Å². The minimum Gasteiger partial charge on any atom is -0.493 e. The molecule has 0 saturated heterocycles. The van der Waals surface area contributed by atoms with Gasteiger partial charge in [-0.1, -0.05) is 54.1 Å². The van der Waals surface area contributed by atoms with Gasteiger partial charge < -0.3 is 13.9 Å². The third kappa shape index (κ3) is 5.21. The lowest BCUT2D eigenvalue weighted by atomic mass is 10.2. The zero-order valence-electron chi connectivity index (χ0n) is 21.5. The van der Waals surface area contributed by atoms with Gasteiger partial charge in [-0.05, 0) is 64.0 Å². The first kappa shape index (κ1) is 26.7. The van der Waals surface area contributed by atoms with Gasteiger partial charge in [-0.25, -0.2) is 9.37 Å². The van der Waals surface area contributed by atoms with Crippen molar-refractivity contribution in [3.05, 3.63) is 122 Å². The van der Waals surface area contributed by atoms with Crippen molar-refractivity contribution in [3.8, 4) is 23.1 Å². The van der Waals surface area contributed by atoms with Crippen molar-refractivity contribution < 1.29 is 18.3 Å². The van der Waals surface area contributed by atoms with Crippen molar-refractivity contribution in [2.75, 3.05) is 7.11 Å². The highest BCUT2D eigenvalue weighted by Gasteiger charge is 2.19. The van der Waals surface area contributed by atoms with E-state index in [2.05, 4.69) is 21.0 Å². The predicted octanol–water partition coefficient (Wildman–Crippen LogP) is 7.83. The first-order chi connectivity index (χ1) is 19.9. The maximum Gasteiger partial charge on any atom is 0.282 e. The zero-order valence-corrected chi connectivity index (χ0v) is 23.8. The number of methoxy groups -OCH3 is 1. The van der Waals surface area contributed by atoms with Crippen LogP contribution in [0.25, 0.3) is 33.5 Å². The van der Waals surface area contributed by atoms with Gasteiger partial charge in [0.15, 0.2) is 17.3 Å². The summed E-state index contributed by atoms with van der Waals surface area (Å²) in [5.41, 5.74) is 1.96. The lowest BCUT2D eigenvalue weighted by Crippen LogP contribution is -2.20. The Bertz CT molecular complexity index is 1990.